The van der Waals surface area contributed by atoms with Crippen molar-refractivity contribution < 1.29 is 27.9 Å². The summed E-state index contributed by atoms with van der Waals surface area (Å²) >= 11 is 5.82. The monoisotopic (exact) mass is 522 g/mol. The largest absolute Gasteiger partial charge is 0.444 e. The topological polar surface area (TPSA) is 101 Å². The molecule has 1 aliphatic heterocycles. The molecule has 1 saturated heterocycles. The number of likely N-dealkylation sites (tertiary alicyclic amines) is 1. The molecule has 3 rings (SSSR count). The van der Waals surface area contributed by atoms with E-state index in [1.807, 2.05) is 6.92 Å². The van der Waals surface area contributed by atoms with Crippen LogP contribution < -0.4 is 10.6 Å². The van der Waals surface area contributed by atoms with Gasteiger partial charge in [0.25, 0.3) is 0 Å². The van der Waals surface area contributed by atoms with Gasteiger partial charge in [-0.05, 0) is 75.8 Å². The Kier molecular flexibility index (Phi) is 8.18. The van der Waals surface area contributed by atoms with E-state index in [1.165, 1.54) is 17.2 Å². The third-order valence-corrected chi connectivity index (χ3v) is 5.89. The lowest BCUT2D eigenvalue weighted by molar-refractivity contribution is -0.146. The van der Waals surface area contributed by atoms with Gasteiger partial charge in [-0.25, -0.2) is 18.6 Å². The lowest BCUT2D eigenvalue weighted by Gasteiger charge is -2.38. The molecule has 1 fully saturated rings. The summed E-state index contributed by atoms with van der Waals surface area (Å²) < 4.78 is 32.9. The van der Waals surface area contributed by atoms with Gasteiger partial charge in [-0.1, -0.05) is 18.5 Å². The number of carbonyl (C=O) groups excluding carboxylic acids is 3. The van der Waals surface area contributed by atoms with Crippen LogP contribution in [0.15, 0.2) is 24.4 Å². The average Bonchev–Trinajstić information content (AvgIpc) is 2.77. The van der Waals surface area contributed by atoms with Crippen molar-refractivity contribution in [3.05, 3.63) is 52.2 Å². The smallest absolute Gasteiger partial charge is 0.413 e. The standard InChI is InChI=1S/C25H29ClF2N4O4/c1-13-6-7-19(15-9-17(26)20(28)18(27)10-15)32(12-13)23(34)22(33)30-16-8-14(2)21(29-11-16)31-24(35)36-25(3,4)5/h8-11,13,19H,6-7,12H2,1-5H3,(H,30,33)(H,29,31,35)/t13-,19+/m1/s1. The fourth-order valence-corrected chi connectivity index (χ4v) is 4.20. The number of benzene rings is 1. The highest BCUT2D eigenvalue weighted by atomic mass is 35.5. The molecule has 8 nitrogen and oxygen atoms in total. The maximum absolute atomic E-state index is 14.0. The Morgan fingerprint density at radius 3 is 2.44 bits per heavy atom. The molecule has 2 atom stereocenters. The Morgan fingerprint density at radius 1 is 1.14 bits per heavy atom. The summed E-state index contributed by atoms with van der Waals surface area (Å²) in [6, 6.07) is 3.20. The van der Waals surface area contributed by atoms with Crippen LogP contribution in [0.1, 0.15) is 57.7 Å². The fourth-order valence-electron chi connectivity index (χ4n) is 3.98. The van der Waals surface area contributed by atoms with Crippen LogP contribution in [0.3, 0.4) is 0 Å². The second-order valence-electron chi connectivity index (χ2n) is 9.92. The van der Waals surface area contributed by atoms with Gasteiger partial charge in [0.05, 0.1) is 22.9 Å². The third kappa shape index (κ3) is 6.69. The van der Waals surface area contributed by atoms with E-state index in [2.05, 4.69) is 15.6 Å². The lowest BCUT2D eigenvalue weighted by Crippen LogP contribution is -2.46. The summed E-state index contributed by atoms with van der Waals surface area (Å²) in [6.45, 7) is 9.08. The third-order valence-electron chi connectivity index (χ3n) is 5.62. The summed E-state index contributed by atoms with van der Waals surface area (Å²) in [5.41, 5.74) is 0.424. The number of halogens is 3. The van der Waals surface area contributed by atoms with Crippen LogP contribution in [0.5, 0.6) is 0 Å². The summed E-state index contributed by atoms with van der Waals surface area (Å²) in [5, 5.41) is 4.67. The number of nitrogens with one attached hydrogen (secondary N) is 2. The molecule has 0 radical (unpaired) electrons. The van der Waals surface area contributed by atoms with E-state index in [0.717, 1.165) is 12.5 Å². The van der Waals surface area contributed by atoms with E-state index in [0.29, 0.717) is 17.5 Å². The van der Waals surface area contributed by atoms with Gasteiger partial charge in [-0.3, -0.25) is 14.9 Å². The van der Waals surface area contributed by atoms with Crippen molar-refractivity contribution in [1.29, 1.82) is 0 Å². The van der Waals surface area contributed by atoms with Crippen molar-refractivity contribution in [2.75, 3.05) is 17.2 Å². The maximum Gasteiger partial charge on any atom is 0.413 e. The minimum Gasteiger partial charge on any atom is -0.444 e. The number of pyridine rings is 1. The number of nitrogens with zero attached hydrogens (tertiary/aromatic N) is 2. The van der Waals surface area contributed by atoms with Crippen molar-refractivity contribution in [2.24, 2.45) is 5.92 Å². The highest BCUT2D eigenvalue weighted by Gasteiger charge is 2.35. The van der Waals surface area contributed by atoms with Crippen LogP contribution in [0, 0.1) is 24.5 Å². The molecule has 0 bridgehead atoms. The van der Waals surface area contributed by atoms with E-state index in [9.17, 15) is 23.2 Å². The summed E-state index contributed by atoms with van der Waals surface area (Å²) in [7, 11) is 0. The SMILES string of the molecule is Cc1cc(NC(=O)C(=O)N2C[C@H](C)CC[C@H]2c2cc(F)c(F)c(Cl)c2)cnc1NC(=O)OC(C)(C)C. The van der Waals surface area contributed by atoms with Gasteiger partial charge >= 0.3 is 17.9 Å². The molecule has 1 aliphatic rings. The molecule has 2 heterocycles. The molecular weight excluding hydrogens is 494 g/mol. The highest BCUT2D eigenvalue weighted by molar-refractivity contribution is 6.39. The molecule has 2 N–H and O–H groups in total. The van der Waals surface area contributed by atoms with Crippen molar-refractivity contribution in [2.45, 2.75) is 59.1 Å². The van der Waals surface area contributed by atoms with E-state index < -0.39 is 41.2 Å². The summed E-state index contributed by atoms with van der Waals surface area (Å²) in [6.07, 6.45) is 1.83. The molecule has 11 heteroatoms. The maximum atomic E-state index is 14.0. The number of piperidine rings is 1. The zero-order valence-corrected chi connectivity index (χ0v) is 21.5. The number of hydrogen-bond donors (Lipinski definition) is 2. The quantitative estimate of drug-likeness (QED) is 0.403. The highest BCUT2D eigenvalue weighted by Crippen LogP contribution is 2.35. The first kappa shape index (κ1) is 27.3. The van der Waals surface area contributed by atoms with E-state index in [4.69, 9.17) is 16.3 Å². The van der Waals surface area contributed by atoms with Gasteiger partial charge in [0.2, 0.25) is 0 Å². The van der Waals surface area contributed by atoms with Gasteiger partial charge in [0.1, 0.15) is 11.4 Å². The average molecular weight is 523 g/mol. The molecule has 1 aromatic carbocycles. The van der Waals surface area contributed by atoms with Gasteiger partial charge in [-0.15, -0.1) is 0 Å². The Hall–Kier alpha value is -3.27. The van der Waals surface area contributed by atoms with Crippen molar-refractivity contribution in [3.8, 4) is 0 Å². The number of aryl methyl sites for hydroxylation is 1. The number of rotatable bonds is 3. The van der Waals surface area contributed by atoms with Crippen molar-refractivity contribution >= 4 is 41.0 Å². The first-order chi connectivity index (χ1) is 16.7. The molecule has 0 spiro atoms. The van der Waals surface area contributed by atoms with Crippen LogP contribution in [-0.4, -0.2) is 39.9 Å². The normalized spacial score (nSPS) is 17.9. The number of ether oxygens (including phenoxy) is 1. The van der Waals surface area contributed by atoms with Gasteiger partial charge in [-0.2, -0.15) is 0 Å². The predicted octanol–water partition coefficient (Wildman–Crippen LogP) is 5.61. The Labute approximate surface area is 213 Å². The van der Waals surface area contributed by atoms with Crippen molar-refractivity contribution in [1.82, 2.24) is 9.88 Å². The fraction of sp³-hybridized carbons (Fsp3) is 0.440. The molecule has 0 unspecified atom stereocenters. The zero-order chi connectivity index (χ0) is 26.8. The minimum atomic E-state index is -1.16. The molecule has 0 aliphatic carbocycles. The zero-order valence-electron chi connectivity index (χ0n) is 20.7. The second-order valence-corrected chi connectivity index (χ2v) is 10.3. The van der Waals surface area contributed by atoms with Gasteiger partial charge in [0.15, 0.2) is 11.6 Å². The van der Waals surface area contributed by atoms with Crippen LogP contribution >= 0.6 is 11.6 Å². The number of hydrogen-bond acceptors (Lipinski definition) is 5. The number of anilines is 2. The van der Waals surface area contributed by atoms with E-state index in [-0.39, 0.29) is 29.0 Å². The summed E-state index contributed by atoms with van der Waals surface area (Å²) in [5.74, 6) is -3.64. The van der Waals surface area contributed by atoms with E-state index in [1.54, 1.807) is 33.8 Å². The number of carbonyl (C=O) groups is 3. The number of amides is 3. The molecule has 2 aromatic rings. The first-order valence-electron chi connectivity index (χ1n) is 11.5. The van der Waals surface area contributed by atoms with Crippen LogP contribution in [-0.2, 0) is 14.3 Å². The molecular formula is C25H29ClF2N4O4. The van der Waals surface area contributed by atoms with Crippen LogP contribution in [0.2, 0.25) is 5.02 Å². The van der Waals surface area contributed by atoms with Gasteiger partial charge < -0.3 is 15.0 Å². The number of aromatic nitrogens is 1. The van der Waals surface area contributed by atoms with Crippen molar-refractivity contribution in [3.63, 3.8) is 0 Å². The minimum absolute atomic E-state index is 0.112. The lowest BCUT2D eigenvalue weighted by atomic mass is 9.89. The molecule has 36 heavy (non-hydrogen) atoms. The molecule has 3 amide bonds. The van der Waals surface area contributed by atoms with Gasteiger partial charge in [0, 0.05) is 6.54 Å². The molecule has 1 aromatic heterocycles. The predicted molar refractivity (Wildman–Crippen MR) is 132 cm³/mol. The Morgan fingerprint density at radius 2 is 1.83 bits per heavy atom. The first-order valence-corrected chi connectivity index (χ1v) is 11.9. The summed E-state index contributed by atoms with van der Waals surface area (Å²) in [4.78, 5) is 43.4. The second kappa shape index (κ2) is 10.8. The molecule has 0 saturated carbocycles. The molecule has 194 valence electrons. The Balaban J connectivity index is 1.74. The van der Waals surface area contributed by atoms with E-state index >= 15 is 0 Å². The Bertz CT molecular complexity index is 1160. The van der Waals surface area contributed by atoms with Crippen LogP contribution in [0.4, 0.5) is 25.1 Å². The van der Waals surface area contributed by atoms with Crippen LogP contribution in [0.25, 0.3) is 0 Å².